The fourth-order valence-corrected chi connectivity index (χ4v) is 1.75. The topological polar surface area (TPSA) is 43.4 Å². The van der Waals surface area contributed by atoms with Gasteiger partial charge in [0.1, 0.15) is 0 Å². The largest absolute Gasteiger partial charge is 0.460 e. The van der Waals surface area contributed by atoms with Crippen molar-refractivity contribution in [2.75, 3.05) is 12.5 Å². The molecule has 0 aliphatic heterocycles. The Morgan fingerprint density at radius 3 is 2.40 bits per heavy atom. The van der Waals surface area contributed by atoms with Crippen LogP contribution in [0.2, 0.25) is 0 Å². The number of esters is 1. The molecule has 0 aromatic heterocycles. The Hall–Kier alpha value is -0.0900. The number of halogens is 2. The van der Waals surface area contributed by atoms with Gasteiger partial charge in [-0.2, -0.15) is 0 Å². The van der Waals surface area contributed by atoms with Crippen LogP contribution in [-0.4, -0.2) is 28.6 Å². The highest BCUT2D eigenvalue weighted by molar-refractivity contribution is 9.10. The van der Waals surface area contributed by atoms with Gasteiger partial charge in [-0.15, -0.1) is 11.6 Å². The highest BCUT2D eigenvalue weighted by Gasteiger charge is 2.38. The molecule has 5 heteroatoms. The number of rotatable bonds is 7. The molecule has 0 saturated carbocycles. The van der Waals surface area contributed by atoms with E-state index in [0.717, 1.165) is 0 Å². The molecule has 0 bridgehead atoms. The van der Waals surface area contributed by atoms with Crippen LogP contribution in [0, 0.1) is 0 Å². The molecule has 0 aromatic carbocycles. The first kappa shape index (κ1) is 14.9. The average molecular weight is 300 g/mol. The number of carbonyl (C=O) groups is 2. The Kier molecular flexibility index (Phi) is 7.18. The minimum atomic E-state index is -0.811. The van der Waals surface area contributed by atoms with E-state index in [1.54, 1.807) is 6.92 Å². The van der Waals surface area contributed by atoms with E-state index >= 15 is 0 Å². The molecular formula is C10H16BrClO3. The number of ether oxygens (including phenoxy) is 1. The van der Waals surface area contributed by atoms with Crippen LogP contribution < -0.4 is 0 Å². The lowest BCUT2D eigenvalue weighted by Gasteiger charge is -2.22. The second-order valence-corrected chi connectivity index (χ2v) is 5.06. The number of hydrogen-bond donors (Lipinski definition) is 0. The van der Waals surface area contributed by atoms with Gasteiger partial charge in [0.2, 0.25) is 0 Å². The van der Waals surface area contributed by atoms with Crippen LogP contribution in [0.3, 0.4) is 0 Å². The Labute approximate surface area is 104 Å². The molecule has 0 saturated heterocycles. The zero-order chi connectivity index (χ0) is 11.9. The van der Waals surface area contributed by atoms with Crippen LogP contribution in [0.15, 0.2) is 0 Å². The third-order valence-electron chi connectivity index (χ3n) is 2.13. The molecule has 0 radical (unpaired) electrons. The summed E-state index contributed by atoms with van der Waals surface area (Å²) in [4.78, 5) is 23.0. The summed E-state index contributed by atoms with van der Waals surface area (Å²) in [6.45, 7) is 3.73. The third-order valence-corrected chi connectivity index (χ3v) is 3.72. The Bertz CT molecular complexity index is 233. The molecule has 0 heterocycles. The standard InChI is InChI=1S/C10H16BrClO3/c1-3-10(11,6-5-7-12)8(13)9(14)15-4-2/h3-7H2,1-2H3. The van der Waals surface area contributed by atoms with Crippen LogP contribution >= 0.6 is 27.5 Å². The van der Waals surface area contributed by atoms with Gasteiger partial charge in [0.25, 0.3) is 5.78 Å². The lowest BCUT2D eigenvalue weighted by molar-refractivity contribution is -0.154. The molecule has 1 unspecified atom stereocenters. The van der Waals surface area contributed by atoms with E-state index in [2.05, 4.69) is 20.7 Å². The zero-order valence-corrected chi connectivity index (χ0v) is 11.4. The van der Waals surface area contributed by atoms with Gasteiger partial charge in [-0.1, -0.05) is 22.9 Å². The summed E-state index contributed by atoms with van der Waals surface area (Å²) in [5.41, 5.74) is 0. The second kappa shape index (κ2) is 7.23. The first-order valence-electron chi connectivity index (χ1n) is 4.98. The Morgan fingerprint density at radius 1 is 1.40 bits per heavy atom. The average Bonchev–Trinajstić information content (AvgIpc) is 2.25. The van der Waals surface area contributed by atoms with Crippen molar-refractivity contribution in [1.29, 1.82) is 0 Å². The van der Waals surface area contributed by atoms with Crippen LogP contribution in [0.25, 0.3) is 0 Å². The maximum atomic E-state index is 11.7. The monoisotopic (exact) mass is 298 g/mol. The van der Waals surface area contributed by atoms with Crippen LogP contribution in [0.4, 0.5) is 0 Å². The van der Waals surface area contributed by atoms with Gasteiger partial charge in [-0.05, 0) is 26.2 Å². The molecule has 3 nitrogen and oxygen atoms in total. The van der Waals surface area contributed by atoms with Crippen molar-refractivity contribution < 1.29 is 14.3 Å². The molecule has 0 N–H and O–H groups in total. The van der Waals surface area contributed by atoms with Crippen LogP contribution in [0.1, 0.15) is 33.1 Å². The molecule has 0 aromatic rings. The van der Waals surface area contributed by atoms with E-state index < -0.39 is 16.1 Å². The van der Waals surface area contributed by atoms with Crippen molar-refractivity contribution >= 4 is 39.3 Å². The molecule has 0 amide bonds. The number of carbonyl (C=O) groups excluding carboxylic acids is 2. The molecule has 0 aliphatic carbocycles. The van der Waals surface area contributed by atoms with E-state index in [4.69, 9.17) is 11.6 Å². The lowest BCUT2D eigenvalue weighted by Crippen LogP contribution is -2.38. The van der Waals surface area contributed by atoms with Crippen molar-refractivity contribution in [3.8, 4) is 0 Å². The lowest BCUT2D eigenvalue weighted by atomic mass is 9.95. The minimum Gasteiger partial charge on any atom is -0.460 e. The summed E-state index contributed by atoms with van der Waals surface area (Å²) in [7, 11) is 0. The van der Waals surface area contributed by atoms with Crippen molar-refractivity contribution in [2.45, 2.75) is 37.4 Å². The summed E-state index contributed by atoms with van der Waals surface area (Å²) in [6, 6.07) is 0. The van der Waals surface area contributed by atoms with Gasteiger partial charge in [-0.3, -0.25) is 4.79 Å². The molecule has 1 atom stereocenters. The SMILES string of the molecule is CCOC(=O)C(=O)C(Br)(CC)CCCCl. The van der Waals surface area contributed by atoms with Gasteiger partial charge in [-0.25, -0.2) is 4.79 Å². The first-order chi connectivity index (χ1) is 7.01. The molecule has 88 valence electrons. The maximum Gasteiger partial charge on any atom is 0.376 e. The number of Topliss-reactive ketones (excluding diaryl/α,β-unsaturated/α-hetero) is 1. The fraction of sp³-hybridized carbons (Fsp3) is 0.800. The third kappa shape index (κ3) is 4.51. The highest BCUT2D eigenvalue weighted by atomic mass is 79.9. The first-order valence-corrected chi connectivity index (χ1v) is 6.31. The fourth-order valence-electron chi connectivity index (χ4n) is 1.18. The number of ketones is 1. The zero-order valence-electron chi connectivity index (χ0n) is 9.02. The van der Waals surface area contributed by atoms with E-state index in [0.29, 0.717) is 25.1 Å². The molecule has 0 spiro atoms. The Morgan fingerprint density at radius 2 is 2.00 bits per heavy atom. The minimum absolute atomic E-state index is 0.215. The quantitative estimate of drug-likeness (QED) is 0.412. The number of hydrogen-bond acceptors (Lipinski definition) is 3. The van der Waals surface area contributed by atoms with Gasteiger partial charge in [0.15, 0.2) is 0 Å². The van der Waals surface area contributed by atoms with Gasteiger partial charge >= 0.3 is 5.97 Å². The van der Waals surface area contributed by atoms with Crippen LogP contribution in [0.5, 0.6) is 0 Å². The van der Waals surface area contributed by atoms with E-state index in [1.807, 2.05) is 6.92 Å². The predicted octanol–water partition coefficient (Wildman–Crippen LogP) is 2.68. The van der Waals surface area contributed by atoms with E-state index in [1.165, 1.54) is 0 Å². The van der Waals surface area contributed by atoms with Gasteiger partial charge in [0, 0.05) is 5.88 Å². The van der Waals surface area contributed by atoms with Crippen molar-refractivity contribution in [1.82, 2.24) is 0 Å². The predicted molar refractivity (Wildman–Crippen MR) is 63.5 cm³/mol. The van der Waals surface area contributed by atoms with E-state index in [9.17, 15) is 9.59 Å². The molecule has 0 rings (SSSR count). The molecule has 15 heavy (non-hydrogen) atoms. The molecule has 0 aliphatic rings. The van der Waals surface area contributed by atoms with Crippen molar-refractivity contribution in [3.63, 3.8) is 0 Å². The normalized spacial score (nSPS) is 14.4. The van der Waals surface area contributed by atoms with Crippen LogP contribution in [-0.2, 0) is 14.3 Å². The van der Waals surface area contributed by atoms with Crippen molar-refractivity contribution in [3.05, 3.63) is 0 Å². The van der Waals surface area contributed by atoms with Gasteiger partial charge < -0.3 is 4.74 Å². The van der Waals surface area contributed by atoms with E-state index in [-0.39, 0.29) is 6.61 Å². The summed E-state index contributed by atoms with van der Waals surface area (Å²) in [6.07, 6.45) is 1.78. The summed E-state index contributed by atoms with van der Waals surface area (Å²) < 4.78 is 3.87. The molecule has 0 fully saturated rings. The highest BCUT2D eigenvalue weighted by Crippen LogP contribution is 2.30. The smallest absolute Gasteiger partial charge is 0.376 e. The summed E-state index contributed by atoms with van der Waals surface area (Å²) in [5, 5.41) is 0. The number of alkyl halides is 2. The summed E-state index contributed by atoms with van der Waals surface area (Å²) >= 11 is 8.87. The second-order valence-electron chi connectivity index (χ2n) is 3.16. The molecular weight excluding hydrogens is 283 g/mol. The summed E-state index contributed by atoms with van der Waals surface area (Å²) in [5.74, 6) is -0.813. The maximum absolute atomic E-state index is 11.7. The Balaban J connectivity index is 4.49. The van der Waals surface area contributed by atoms with Gasteiger partial charge in [0.05, 0.1) is 10.9 Å². The van der Waals surface area contributed by atoms with Crippen molar-refractivity contribution in [2.24, 2.45) is 0 Å².